The molecule has 0 spiro atoms. The number of hydrogen-bond donors (Lipinski definition) is 1. The summed E-state index contributed by atoms with van der Waals surface area (Å²) in [5.41, 5.74) is 2.09. The van der Waals surface area contributed by atoms with Crippen LogP contribution in [-0.2, 0) is 9.84 Å². The first kappa shape index (κ1) is 18.9. The summed E-state index contributed by atoms with van der Waals surface area (Å²) < 4.78 is 23.4. The number of carbonyl (C=O) groups is 1. The Kier molecular flexibility index (Phi) is 5.42. The third kappa shape index (κ3) is 4.26. The second-order valence-corrected chi connectivity index (χ2v) is 8.59. The van der Waals surface area contributed by atoms with Crippen LogP contribution < -0.4 is 5.32 Å². The standard InChI is InChI=1S/C19H20N4O3S/c1-2-23(16-9-10-27(25,26)13-16)19(24)18-8-7-15(12-21-18)22-17-6-4-3-5-14(17)11-20/h3-8,12,16,22H,2,9-10,13H2,1H3. The number of rotatable bonds is 5. The van der Waals surface area contributed by atoms with Crippen molar-refractivity contribution in [1.29, 1.82) is 5.26 Å². The number of nitrogens with zero attached hydrogens (tertiary/aromatic N) is 3. The molecule has 1 atom stereocenters. The molecule has 1 aromatic carbocycles. The summed E-state index contributed by atoms with van der Waals surface area (Å²) in [7, 11) is -3.06. The molecule has 0 saturated carbocycles. The van der Waals surface area contributed by atoms with Gasteiger partial charge >= 0.3 is 0 Å². The van der Waals surface area contributed by atoms with Crippen LogP contribution in [-0.4, -0.2) is 48.3 Å². The van der Waals surface area contributed by atoms with Gasteiger partial charge in [-0.3, -0.25) is 4.79 Å². The van der Waals surface area contributed by atoms with Gasteiger partial charge in [0.2, 0.25) is 0 Å². The number of amides is 1. The number of nitrogens with one attached hydrogen (secondary N) is 1. The highest BCUT2D eigenvalue weighted by Gasteiger charge is 2.34. The van der Waals surface area contributed by atoms with Gasteiger partial charge in [-0.2, -0.15) is 5.26 Å². The SMILES string of the molecule is CCN(C(=O)c1ccc(Nc2ccccc2C#N)cn1)C1CCS(=O)(=O)C1. The molecule has 27 heavy (non-hydrogen) atoms. The van der Waals surface area contributed by atoms with Crippen LogP contribution in [0.4, 0.5) is 11.4 Å². The molecule has 1 aliphatic rings. The van der Waals surface area contributed by atoms with E-state index >= 15 is 0 Å². The van der Waals surface area contributed by atoms with Crippen LogP contribution in [0.1, 0.15) is 29.4 Å². The highest BCUT2D eigenvalue weighted by molar-refractivity contribution is 7.91. The Morgan fingerprint density at radius 1 is 1.33 bits per heavy atom. The number of aromatic nitrogens is 1. The maximum atomic E-state index is 12.7. The van der Waals surface area contributed by atoms with Crippen molar-refractivity contribution in [3.05, 3.63) is 53.9 Å². The third-order valence-electron chi connectivity index (χ3n) is 4.56. The van der Waals surface area contributed by atoms with Gasteiger partial charge < -0.3 is 10.2 Å². The predicted octanol–water partition coefficient (Wildman–Crippen LogP) is 2.35. The van der Waals surface area contributed by atoms with E-state index in [1.54, 1.807) is 35.2 Å². The number of anilines is 2. The topological polar surface area (TPSA) is 103 Å². The summed E-state index contributed by atoms with van der Waals surface area (Å²) in [6.45, 7) is 2.26. The minimum Gasteiger partial charge on any atom is -0.353 e. The predicted molar refractivity (Wildman–Crippen MR) is 102 cm³/mol. The Morgan fingerprint density at radius 2 is 2.11 bits per heavy atom. The molecule has 3 rings (SSSR count). The molecule has 1 aliphatic heterocycles. The third-order valence-corrected chi connectivity index (χ3v) is 6.31. The van der Waals surface area contributed by atoms with Gasteiger partial charge in [0.15, 0.2) is 9.84 Å². The number of hydrogen-bond acceptors (Lipinski definition) is 6. The molecular weight excluding hydrogens is 364 g/mol. The zero-order valence-electron chi connectivity index (χ0n) is 14.9. The van der Waals surface area contributed by atoms with Crippen molar-refractivity contribution in [1.82, 2.24) is 9.88 Å². The first-order chi connectivity index (χ1) is 12.9. The van der Waals surface area contributed by atoms with E-state index in [-0.39, 0.29) is 29.1 Å². The zero-order chi connectivity index (χ0) is 19.4. The summed E-state index contributed by atoms with van der Waals surface area (Å²) in [6.07, 6.45) is 1.99. The number of sulfone groups is 1. The molecule has 2 aromatic rings. The molecule has 0 bridgehead atoms. The van der Waals surface area contributed by atoms with E-state index in [9.17, 15) is 13.2 Å². The maximum Gasteiger partial charge on any atom is 0.272 e. The van der Waals surface area contributed by atoms with Crippen LogP contribution in [0.25, 0.3) is 0 Å². The van der Waals surface area contributed by atoms with Gasteiger partial charge in [-0.1, -0.05) is 12.1 Å². The highest BCUT2D eigenvalue weighted by atomic mass is 32.2. The molecule has 7 nitrogen and oxygen atoms in total. The van der Waals surface area contributed by atoms with Crippen LogP contribution >= 0.6 is 0 Å². The van der Waals surface area contributed by atoms with Crippen molar-refractivity contribution in [3.8, 4) is 6.07 Å². The maximum absolute atomic E-state index is 12.7. The van der Waals surface area contributed by atoms with Gasteiger partial charge in [-0.25, -0.2) is 13.4 Å². The molecule has 1 aromatic heterocycles. The van der Waals surface area contributed by atoms with Gasteiger partial charge in [-0.05, 0) is 37.6 Å². The van der Waals surface area contributed by atoms with Crippen molar-refractivity contribution in [2.45, 2.75) is 19.4 Å². The molecule has 8 heteroatoms. The van der Waals surface area contributed by atoms with Crippen molar-refractivity contribution in [2.24, 2.45) is 0 Å². The first-order valence-corrected chi connectivity index (χ1v) is 10.5. The molecule has 2 heterocycles. The average molecular weight is 384 g/mol. The van der Waals surface area contributed by atoms with Crippen molar-refractivity contribution < 1.29 is 13.2 Å². The summed E-state index contributed by atoms with van der Waals surface area (Å²) in [4.78, 5) is 18.5. The van der Waals surface area contributed by atoms with E-state index in [0.29, 0.717) is 29.9 Å². The molecule has 140 valence electrons. The number of benzene rings is 1. The molecule has 0 radical (unpaired) electrons. The average Bonchev–Trinajstić information content (AvgIpc) is 3.03. The van der Waals surface area contributed by atoms with Gasteiger partial charge in [-0.15, -0.1) is 0 Å². The fraction of sp³-hybridized carbons (Fsp3) is 0.316. The van der Waals surface area contributed by atoms with Gasteiger partial charge in [0.1, 0.15) is 11.8 Å². The van der Waals surface area contributed by atoms with E-state index in [4.69, 9.17) is 5.26 Å². The number of carbonyl (C=O) groups excluding carboxylic acids is 1. The van der Waals surface area contributed by atoms with Crippen LogP contribution in [0.15, 0.2) is 42.6 Å². The summed E-state index contributed by atoms with van der Waals surface area (Å²) in [5, 5.41) is 12.3. The fourth-order valence-electron chi connectivity index (χ4n) is 3.18. The first-order valence-electron chi connectivity index (χ1n) is 8.67. The van der Waals surface area contributed by atoms with Crippen molar-refractivity contribution in [3.63, 3.8) is 0 Å². The minimum atomic E-state index is -3.06. The monoisotopic (exact) mass is 384 g/mol. The molecule has 1 saturated heterocycles. The zero-order valence-corrected chi connectivity index (χ0v) is 15.7. The van der Waals surface area contributed by atoms with Crippen LogP contribution in [0.2, 0.25) is 0 Å². The lowest BCUT2D eigenvalue weighted by molar-refractivity contribution is 0.0702. The van der Waals surface area contributed by atoms with Gasteiger partial charge in [0, 0.05) is 12.6 Å². The molecular formula is C19H20N4O3S. The Labute approximate surface area is 158 Å². The Hall–Kier alpha value is -2.92. The number of nitriles is 1. The number of pyridine rings is 1. The Balaban J connectivity index is 1.74. The molecule has 0 aliphatic carbocycles. The second kappa shape index (κ2) is 7.76. The van der Waals surface area contributed by atoms with Gasteiger partial charge in [0.25, 0.3) is 5.91 Å². The van der Waals surface area contributed by atoms with Crippen LogP contribution in [0, 0.1) is 11.3 Å². The van der Waals surface area contributed by atoms with Gasteiger partial charge in [0.05, 0.1) is 34.6 Å². The molecule has 1 fully saturated rings. The fourth-order valence-corrected chi connectivity index (χ4v) is 4.91. The number of para-hydroxylation sites is 1. The normalized spacial score (nSPS) is 17.9. The quantitative estimate of drug-likeness (QED) is 0.849. The van der Waals surface area contributed by atoms with E-state index in [1.165, 1.54) is 6.20 Å². The Morgan fingerprint density at radius 3 is 2.70 bits per heavy atom. The molecule has 1 amide bonds. The summed E-state index contributed by atoms with van der Waals surface area (Å²) in [6, 6.07) is 12.2. The van der Waals surface area contributed by atoms with Crippen LogP contribution in [0.3, 0.4) is 0 Å². The summed E-state index contributed by atoms with van der Waals surface area (Å²) in [5.74, 6) is -0.142. The molecule has 1 N–H and O–H groups in total. The summed E-state index contributed by atoms with van der Waals surface area (Å²) >= 11 is 0. The second-order valence-electron chi connectivity index (χ2n) is 6.36. The lowest BCUT2D eigenvalue weighted by Crippen LogP contribution is -2.41. The minimum absolute atomic E-state index is 0.0111. The van der Waals surface area contributed by atoms with Crippen LogP contribution in [0.5, 0.6) is 0 Å². The van der Waals surface area contributed by atoms with E-state index in [2.05, 4.69) is 16.4 Å². The smallest absolute Gasteiger partial charge is 0.272 e. The Bertz CT molecular complexity index is 981. The molecule has 1 unspecified atom stereocenters. The van der Waals surface area contributed by atoms with E-state index < -0.39 is 9.84 Å². The van der Waals surface area contributed by atoms with Crippen molar-refractivity contribution >= 4 is 27.1 Å². The van der Waals surface area contributed by atoms with Crippen molar-refractivity contribution in [2.75, 3.05) is 23.4 Å². The largest absolute Gasteiger partial charge is 0.353 e. The highest BCUT2D eigenvalue weighted by Crippen LogP contribution is 2.22. The van der Waals surface area contributed by atoms with E-state index in [1.807, 2.05) is 13.0 Å². The lowest BCUT2D eigenvalue weighted by atomic mass is 10.2. The lowest BCUT2D eigenvalue weighted by Gasteiger charge is -2.26. The van der Waals surface area contributed by atoms with E-state index in [0.717, 1.165) is 0 Å².